The number of ketones is 2. The number of Topliss-reactive ketones (excluding diaryl/α,β-unsaturated/α-hetero) is 2. The van der Waals surface area contributed by atoms with Gasteiger partial charge in [0.05, 0.1) is 6.61 Å². The SMILES string of the molecule is CC12CCC(C(=O)/C1=C\c1ccc(COCC(=O)CO)cc1)C2(C)C. The normalized spacial score (nSPS) is 28.7. The van der Waals surface area contributed by atoms with Crippen molar-refractivity contribution in [3.8, 4) is 0 Å². The number of aliphatic hydroxyl groups is 1. The van der Waals surface area contributed by atoms with Gasteiger partial charge in [-0.2, -0.15) is 0 Å². The van der Waals surface area contributed by atoms with Gasteiger partial charge in [-0.15, -0.1) is 0 Å². The molecule has 0 radical (unpaired) electrons. The molecule has 2 fully saturated rings. The minimum absolute atomic E-state index is 0.0307. The van der Waals surface area contributed by atoms with Crippen LogP contribution in [0.15, 0.2) is 29.8 Å². The highest BCUT2D eigenvalue weighted by Crippen LogP contribution is 2.66. The molecule has 0 aliphatic heterocycles. The predicted octanol–water partition coefficient (Wildman–Crippen LogP) is 3.17. The van der Waals surface area contributed by atoms with Gasteiger partial charge in [-0.3, -0.25) is 9.59 Å². The summed E-state index contributed by atoms with van der Waals surface area (Å²) >= 11 is 0. The van der Waals surface area contributed by atoms with Crippen molar-refractivity contribution < 1.29 is 19.4 Å². The molecule has 1 aromatic rings. The topological polar surface area (TPSA) is 63.6 Å². The van der Waals surface area contributed by atoms with Crippen molar-refractivity contribution >= 4 is 17.6 Å². The summed E-state index contributed by atoms with van der Waals surface area (Å²) in [6.45, 7) is 6.43. The van der Waals surface area contributed by atoms with Crippen LogP contribution in [0.2, 0.25) is 0 Å². The highest BCUT2D eigenvalue weighted by Gasteiger charge is 2.63. The number of carbonyl (C=O) groups is 2. The first-order valence-electron chi connectivity index (χ1n) is 8.85. The first kappa shape index (κ1) is 18.0. The number of hydrogen-bond donors (Lipinski definition) is 1. The van der Waals surface area contributed by atoms with Crippen molar-refractivity contribution in [3.05, 3.63) is 41.0 Å². The third-order valence-electron chi connectivity index (χ3n) is 6.40. The molecule has 0 spiro atoms. The minimum atomic E-state index is -0.489. The zero-order valence-electron chi connectivity index (χ0n) is 15.2. The highest BCUT2D eigenvalue weighted by atomic mass is 16.5. The molecule has 134 valence electrons. The van der Waals surface area contributed by atoms with Crippen LogP contribution >= 0.6 is 0 Å². The van der Waals surface area contributed by atoms with Gasteiger partial charge in [0.15, 0.2) is 11.6 Å². The molecule has 2 saturated carbocycles. The Labute approximate surface area is 148 Å². The lowest BCUT2D eigenvalue weighted by atomic mass is 9.69. The number of aliphatic hydroxyl groups excluding tert-OH is 1. The second-order valence-electron chi connectivity index (χ2n) is 8.00. The average molecular weight is 342 g/mol. The molecule has 2 aliphatic rings. The molecular weight excluding hydrogens is 316 g/mol. The van der Waals surface area contributed by atoms with Crippen LogP contribution in [-0.4, -0.2) is 29.9 Å². The second-order valence-corrected chi connectivity index (χ2v) is 8.00. The smallest absolute Gasteiger partial charge is 0.183 e. The lowest BCUT2D eigenvalue weighted by Gasteiger charge is -2.34. The van der Waals surface area contributed by atoms with Crippen molar-refractivity contribution in [2.75, 3.05) is 13.2 Å². The Bertz CT molecular complexity index is 714. The van der Waals surface area contributed by atoms with Gasteiger partial charge in [-0.1, -0.05) is 45.0 Å². The van der Waals surface area contributed by atoms with Crippen LogP contribution in [0.4, 0.5) is 0 Å². The number of benzene rings is 1. The lowest BCUT2D eigenvalue weighted by Crippen LogP contribution is -2.27. The number of hydrogen-bond acceptors (Lipinski definition) is 4. The molecule has 2 atom stereocenters. The third kappa shape index (κ3) is 2.98. The molecule has 4 nitrogen and oxygen atoms in total. The third-order valence-corrected chi connectivity index (χ3v) is 6.40. The van der Waals surface area contributed by atoms with E-state index in [-0.39, 0.29) is 29.1 Å². The average Bonchev–Trinajstić information content (AvgIpc) is 2.89. The number of allylic oxidation sites excluding steroid dienone is 1. The van der Waals surface area contributed by atoms with Gasteiger partial charge < -0.3 is 9.84 Å². The molecule has 3 rings (SSSR count). The number of carbonyl (C=O) groups excluding carboxylic acids is 2. The quantitative estimate of drug-likeness (QED) is 0.807. The van der Waals surface area contributed by atoms with Crippen molar-refractivity contribution in [1.29, 1.82) is 0 Å². The zero-order valence-corrected chi connectivity index (χ0v) is 15.2. The Morgan fingerprint density at radius 2 is 1.96 bits per heavy atom. The molecule has 2 bridgehead atoms. The van der Waals surface area contributed by atoms with E-state index in [1.165, 1.54) is 0 Å². The summed E-state index contributed by atoms with van der Waals surface area (Å²) in [5, 5.41) is 8.66. The van der Waals surface area contributed by atoms with Crippen molar-refractivity contribution in [2.24, 2.45) is 16.7 Å². The summed E-state index contributed by atoms with van der Waals surface area (Å²) in [7, 11) is 0. The van der Waals surface area contributed by atoms with Crippen LogP contribution in [0, 0.1) is 16.7 Å². The van der Waals surface area contributed by atoms with Crippen molar-refractivity contribution in [2.45, 2.75) is 40.2 Å². The number of fused-ring (bicyclic) bond motifs is 2. The Kier molecular flexibility index (Phi) is 4.69. The van der Waals surface area contributed by atoms with E-state index in [1.807, 2.05) is 30.3 Å². The fraction of sp³-hybridized carbons (Fsp3) is 0.524. The lowest BCUT2D eigenvalue weighted by molar-refractivity contribution is -0.126. The van der Waals surface area contributed by atoms with Crippen LogP contribution in [0.1, 0.15) is 44.7 Å². The molecule has 2 aliphatic carbocycles. The predicted molar refractivity (Wildman–Crippen MR) is 95.8 cm³/mol. The van der Waals surface area contributed by atoms with E-state index in [4.69, 9.17) is 9.84 Å². The van der Waals surface area contributed by atoms with Crippen LogP contribution < -0.4 is 0 Å². The summed E-state index contributed by atoms with van der Waals surface area (Å²) in [4.78, 5) is 23.8. The largest absolute Gasteiger partial charge is 0.388 e. The fourth-order valence-electron chi connectivity index (χ4n) is 4.34. The summed E-state index contributed by atoms with van der Waals surface area (Å²) < 4.78 is 5.27. The van der Waals surface area contributed by atoms with Crippen molar-refractivity contribution in [1.82, 2.24) is 0 Å². The molecule has 0 saturated heterocycles. The molecule has 1 aromatic carbocycles. The van der Waals surface area contributed by atoms with Crippen LogP contribution in [0.25, 0.3) is 6.08 Å². The zero-order chi connectivity index (χ0) is 18.2. The molecular formula is C21H26O4. The summed E-state index contributed by atoms with van der Waals surface area (Å²) in [5.74, 6) is 0.140. The van der Waals surface area contributed by atoms with E-state index in [0.29, 0.717) is 12.4 Å². The van der Waals surface area contributed by atoms with Gasteiger partial charge in [0.25, 0.3) is 0 Å². The standard InChI is InChI=1S/C21H26O4/c1-20(2)17-8-9-21(20,3)18(19(17)24)10-14-4-6-15(7-5-14)12-25-13-16(23)11-22/h4-7,10,17,22H,8-9,11-13H2,1-3H3/b18-10+. The van der Waals surface area contributed by atoms with Gasteiger partial charge in [0.2, 0.25) is 0 Å². The second kappa shape index (κ2) is 6.50. The minimum Gasteiger partial charge on any atom is -0.388 e. The maximum absolute atomic E-state index is 12.8. The summed E-state index contributed by atoms with van der Waals surface area (Å²) in [5.41, 5.74) is 2.93. The van der Waals surface area contributed by atoms with Gasteiger partial charge in [0, 0.05) is 16.9 Å². The Morgan fingerprint density at radius 3 is 2.52 bits per heavy atom. The van der Waals surface area contributed by atoms with Crippen LogP contribution in [0.3, 0.4) is 0 Å². The number of rotatable bonds is 6. The molecule has 4 heteroatoms. The first-order valence-corrected chi connectivity index (χ1v) is 8.85. The van der Waals surface area contributed by atoms with E-state index in [1.54, 1.807) is 0 Å². The molecule has 0 aromatic heterocycles. The Morgan fingerprint density at radius 1 is 1.28 bits per heavy atom. The molecule has 0 amide bonds. The van der Waals surface area contributed by atoms with E-state index in [9.17, 15) is 9.59 Å². The highest BCUT2D eigenvalue weighted by molar-refractivity contribution is 6.06. The van der Waals surface area contributed by atoms with Gasteiger partial charge in [-0.05, 0) is 35.5 Å². The van der Waals surface area contributed by atoms with Gasteiger partial charge in [-0.25, -0.2) is 0 Å². The maximum Gasteiger partial charge on any atom is 0.183 e. The Hall–Kier alpha value is -1.78. The van der Waals surface area contributed by atoms with Gasteiger partial charge in [0.1, 0.15) is 13.2 Å². The molecule has 0 heterocycles. The summed E-state index contributed by atoms with van der Waals surface area (Å²) in [6.07, 6.45) is 4.12. The van der Waals surface area contributed by atoms with Crippen LogP contribution in [0.5, 0.6) is 0 Å². The monoisotopic (exact) mass is 342 g/mol. The molecule has 1 N–H and O–H groups in total. The molecule has 2 unspecified atom stereocenters. The summed E-state index contributed by atoms with van der Waals surface area (Å²) in [6, 6.07) is 7.85. The van der Waals surface area contributed by atoms with E-state index < -0.39 is 6.61 Å². The van der Waals surface area contributed by atoms with E-state index in [2.05, 4.69) is 20.8 Å². The van der Waals surface area contributed by atoms with E-state index in [0.717, 1.165) is 29.5 Å². The fourth-order valence-corrected chi connectivity index (χ4v) is 4.34. The molecule has 25 heavy (non-hydrogen) atoms. The van der Waals surface area contributed by atoms with E-state index >= 15 is 0 Å². The Balaban J connectivity index is 1.72. The number of ether oxygens (including phenoxy) is 1. The van der Waals surface area contributed by atoms with Crippen LogP contribution in [-0.2, 0) is 20.9 Å². The first-order chi connectivity index (χ1) is 11.8. The maximum atomic E-state index is 12.8. The van der Waals surface area contributed by atoms with Gasteiger partial charge >= 0.3 is 0 Å². The van der Waals surface area contributed by atoms with Crippen molar-refractivity contribution in [3.63, 3.8) is 0 Å².